The molecule has 0 fully saturated rings. The van der Waals surface area contributed by atoms with Crippen LogP contribution < -0.4 is 0 Å². The fraction of sp³-hybridized carbons (Fsp3) is 0.333. The van der Waals surface area contributed by atoms with Crippen molar-refractivity contribution in [3.05, 3.63) is 71.2 Å². The summed E-state index contributed by atoms with van der Waals surface area (Å²) >= 11 is 0. The Morgan fingerprint density at radius 2 is 1.74 bits per heavy atom. The number of allylic oxidation sites excluding steroid dienone is 6. The largest absolute Gasteiger partial charge is 0.114 e. The van der Waals surface area contributed by atoms with Crippen molar-refractivity contribution in [2.45, 2.75) is 39.5 Å². The Bertz CT molecular complexity index is 438. The van der Waals surface area contributed by atoms with Gasteiger partial charge in [-0.05, 0) is 36.8 Å². The maximum atomic E-state index is 6.05. The molecule has 1 aromatic carbocycles. The number of aryl methyl sites for hydroxylation is 1. The highest BCUT2D eigenvalue weighted by Crippen LogP contribution is 2.11. The van der Waals surface area contributed by atoms with E-state index >= 15 is 0 Å². The monoisotopic (exact) mass is 250 g/mol. The highest BCUT2D eigenvalue weighted by Gasteiger charge is 1.94. The molecule has 2 radical (unpaired) electrons. The lowest BCUT2D eigenvalue weighted by Gasteiger charge is -2.03. The molecule has 0 N–H and O–H groups in total. The fourth-order valence-corrected chi connectivity index (χ4v) is 1.94. The van der Waals surface area contributed by atoms with Crippen molar-refractivity contribution >= 4 is 7.85 Å². The van der Waals surface area contributed by atoms with Gasteiger partial charge in [-0.3, -0.25) is 0 Å². The Kier molecular flexibility index (Phi) is 7.73. The molecule has 1 heteroatoms. The number of hydrogen-bond donors (Lipinski definition) is 0. The second-order valence-electron chi connectivity index (χ2n) is 4.56. The van der Waals surface area contributed by atoms with Gasteiger partial charge in [0.1, 0.15) is 7.85 Å². The van der Waals surface area contributed by atoms with E-state index in [9.17, 15) is 0 Å². The Morgan fingerprint density at radius 3 is 2.37 bits per heavy atom. The van der Waals surface area contributed by atoms with Crippen LogP contribution in [0.1, 0.15) is 38.7 Å². The van der Waals surface area contributed by atoms with Crippen molar-refractivity contribution < 1.29 is 0 Å². The van der Waals surface area contributed by atoms with Crippen LogP contribution in [0.5, 0.6) is 0 Å². The van der Waals surface area contributed by atoms with E-state index in [-0.39, 0.29) is 0 Å². The van der Waals surface area contributed by atoms with Crippen molar-refractivity contribution in [1.82, 2.24) is 0 Å². The molecular formula is C18H23B. The summed E-state index contributed by atoms with van der Waals surface area (Å²) in [7, 11) is 6.05. The molecule has 1 aromatic rings. The normalized spacial score (nSPS) is 13.2. The van der Waals surface area contributed by atoms with Gasteiger partial charge >= 0.3 is 0 Å². The van der Waals surface area contributed by atoms with E-state index in [1.807, 2.05) is 0 Å². The smallest absolute Gasteiger partial charge is 0.0938 e. The Morgan fingerprint density at radius 1 is 1.05 bits per heavy atom. The molecule has 0 aromatic heterocycles. The molecule has 0 unspecified atom stereocenters. The maximum Gasteiger partial charge on any atom is 0.114 e. The second kappa shape index (κ2) is 9.44. The maximum absolute atomic E-state index is 6.05. The number of hydrogen-bond acceptors (Lipinski definition) is 0. The predicted octanol–water partition coefficient (Wildman–Crippen LogP) is 4.97. The predicted molar refractivity (Wildman–Crippen MR) is 86.4 cm³/mol. The van der Waals surface area contributed by atoms with Gasteiger partial charge in [-0.2, -0.15) is 0 Å². The highest BCUT2D eigenvalue weighted by molar-refractivity contribution is 6.24. The summed E-state index contributed by atoms with van der Waals surface area (Å²) in [6.45, 7) is 4.24. The van der Waals surface area contributed by atoms with Gasteiger partial charge in [-0.15, -0.1) is 0 Å². The molecule has 1 rings (SSSR count). The molecule has 0 amide bonds. The van der Waals surface area contributed by atoms with Crippen molar-refractivity contribution in [2.75, 3.05) is 0 Å². The zero-order valence-corrected chi connectivity index (χ0v) is 12.1. The van der Waals surface area contributed by atoms with E-state index < -0.39 is 0 Å². The Hall–Kier alpha value is -1.50. The van der Waals surface area contributed by atoms with Crippen LogP contribution in [0.15, 0.2) is 65.7 Å². The van der Waals surface area contributed by atoms with Crippen LogP contribution in [-0.2, 0) is 6.42 Å². The zero-order chi connectivity index (χ0) is 13.9. The summed E-state index contributed by atoms with van der Waals surface area (Å²) in [6.07, 6.45) is 12.7. The molecule has 98 valence electrons. The van der Waals surface area contributed by atoms with Crippen LogP contribution in [0.3, 0.4) is 0 Å². The van der Waals surface area contributed by atoms with Gasteiger partial charge in [0.25, 0.3) is 0 Å². The third-order valence-corrected chi connectivity index (χ3v) is 2.92. The molecule has 19 heavy (non-hydrogen) atoms. The minimum Gasteiger partial charge on any atom is -0.0938 e. The first-order valence-electron chi connectivity index (χ1n) is 7.14. The van der Waals surface area contributed by atoms with Crippen molar-refractivity contribution in [2.24, 2.45) is 0 Å². The van der Waals surface area contributed by atoms with Crippen LogP contribution in [0.25, 0.3) is 0 Å². The summed E-state index contributed by atoms with van der Waals surface area (Å²) in [4.78, 5) is 0. The fourth-order valence-electron chi connectivity index (χ4n) is 1.94. The van der Waals surface area contributed by atoms with E-state index in [2.05, 4.69) is 68.5 Å². The van der Waals surface area contributed by atoms with Crippen molar-refractivity contribution in [1.29, 1.82) is 0 Å². The van der Waals surface area contributed by atoms with E-state index in [0.29, 0.717) is 0 Å². The van der Waals surface area contributed by atoms with Gasteiger partial charge in [0.2, 0.25) is 0 Å². The van der Waals surface area contributed by atoms with Crippen LogP contribution in [0.4, 0.5) is 0 Å². The van der Waals surface area contributed by atoms with Gasteiger partial charge in [0, 0.05) is 0 Å². The first-order valence-corrected chi connectivity index (χ1v) is 7.14. The molecule has 0 bridgehead atoms. The van der Waals surface area contributed by atoms with Gasteiger partial charge in [-0.1, -0.05) is 74.0 Å². The standard InChI is InChI=1S/C18H23B/c1-3-10-17(18(19)11-4-2)15-9-8-14-16-12-6-5-7-13-16/h5-7,9-13,15H,3-4,8,14H2,1-2H3/b15-9-,17-10+,18-11-. The van der Waals surface area contributed by atoms with Gasteiger partial charge in [-0.25, -0.2) is 0 Å². The first-order chi connectivity index (χ1) is 9.27. The molecule has 0 aliphatic carbocycles. The van der Waals surface area contributed by atoms with Gasteiger partial charge in [0.15, 0.2) is 0 Å². The average Bonchev–Trinajstić information content (AvgIpc) is 2.43. The molecule has 0 aliphatic rings. The molecule has 0 spiro atoms. The first kappa shape index (κ1) is 15.6. The lowest BCUT2D eigenvalue weighted by molar-refractivity contribution is 1.00. The molecule has 0 nitrogen and oxygen atoms in total. The third-order valence-electron chi connectivity index (χ3n) is 2.92. The minimum absolute atomic E-state index is 0.889. The quantitative estimate of drug-likeness (QED) is 0.473. The molecule has 0 aliphatic heterocycles. The lowest BCUT2D eigenvalue weighted by atomic mass is 9.86. The molecular weight excluding hydrogens is 227 g/mol. The average molecular weight is 250 g/mol. The SMILES string of the molecule is [B]C(=C\CC)/C(/C=C\CCc1ccccc1)=C/CC. The number of benzene rings is 1. The summed E-state index contributed by atoms with van der Waals surface area (Å²) in [5, 5.41) is 0. The van der Waals surface area contributed by atoms with Gasteiger partial charge < -0.3 is 0 Å². The lowest BCUT2D eigenvalue weighted by Crippen LogP contribution is -1.87. The third kappa shape index (κ3) is 6.29. The van der Waals surface area contributed by atoms with Gasteiger partial charge in [0.05, 0.1) is 0 Å². The van der Waals surface area contributed by atoms with Crippen molar-refractivity contribution in [3.8, 4) is 0 Å². The van der Waals surface area contributed by atoms with Crippen LogP contribution in [-0.4, -0.2) is 7.85 Å². The van der Waals surface area contributed by atoms with Crippen molar-refractivity contribution in [3.63, 3.8) is 0 Å². The molecule has 0 saturated carbocycles. The van der Waals surface area contributed by atoms with E-state index in [1.54, 1.807) is 0 Å². The zero-order valence-electron chi connectivity index (χ0n) is 12.1. The minimum atomic E-state index is 0.889. The summed E-state index contributed by atoms with van der Waals surface area (Å²) < 4.78 is 0. The molecule has 0 atom stereocenters. The Balaban J connectivity index is 2.53. The topological polar surface area (TPSA) is 0 Å². The molecule has 0 saturated heterocycles. The van der Waals surface area contributed by atoms with E-state index in [0.717, 1.165) is 36.7 Å². The summed E-state index contributed by atoms with van der Waals surface area (Å²) in [6, 6.07) is 10.6. The second-order valence-corrected chi connectivity index (χ2v) is 4.56. The summed E-state index contributed by atoms with van der Waals surface area (Å²) in [5.41, 5.74) is 3.42. The Labute approximate surface area is 119 Å². The van der Waals surface area contributed by atoms with Crippen LogP contribution in [0, 0.1) is 0 Å². The van der Waals surface area contributed by atoms with Crippen LogP contribution >= 0.6 is 0 Å². The van der Waals surface area contributed by atoms with Crippen LogP contribution in [0.2, 0.25) is 0 Å². The summed E-state index contributed by atoms with van der Waals surface area (Å²) in [5.74, 6) is 0. The number of rotatable bonds is 7. The van der Waals surface area contributed by atoms with E-state index in [4.69, 9.17) is 7.85 Å². The van der Waals surface area contributed by atoms with E-state index in [1.165, 1.54) is 5.56 Å². The molecule has 0 heterocycles. The highest BCUT2D eigenvalue weighted by atomic mass is 14.0.